The minimum atomic E-state index is -1.29. The van der Waals surface area contributed by atoms with Gasteiger partial charge >= 0.3 is 5.69 Å². The minimum absolute atomic E-state index is 0.0146. The summed E-state index contributed by atoms with van der Waals surface area (Å²) >= 11 is 3.00. The van der Waals surface area contributed by atoms with Gasteiger partial charge in [-0.1, -0.05) is 126 Å². The molecular weight excluding hydrogens is 920 g/mol. The van der Waals surface area contributed by atoms with Crippen LogP contribution in [0.15, 0.2) is 151 Å². The number of methoxy groups -OCH3 is 2. The van der Waals surface area contributed by atoms with E-state index in [1.807, 2.05) is 115 Å². The fraction of sp³-hybridized carbons (Fsp3) is 0.308. The van der Waals surface area contributed by atoms with E-state index in [2.05, 4.69) is 15.0 Å². The van der Waals surface area contributed by atoms with Crippen LogP contribution in [0.2, 0.25) is 0 Å². The Hall–Kier alpha value is -5.35. The average Bonchev–Trinajstić information content (AvgIpc) is 4.12. The van der Waals surface area contributed by atoms with Gasteiger partial charge in [0.1, 0.15) is 40.7 Å². The topological polar surface area (TPSA) is 140 Å². The number of thioether (sulfide) groups is 1. The second-order valence-corrected chi connectivity index (χ2v) is 21.4. The summed E-state index contributed by atoms with van der Waals surface area (Å²) in [6, 6.07) is 43.8. The third kappa shape index (κ3) is 10.0. The monoisotopic (exact) mass is 972 g/mol. The number of nitrogens with one attached hydrogen (secondary N) is 1. The van der Waals surface area contributed by atoms with Gasteiger partial charge in [0.05, 0.1) is 27.4 Å². The van der Waals surface area contributed by atoms with Gasteiger partial charge in [-0.15, -0.1) is 0 Å². The van der Waals surface area contributed by atoms with E-state index in [-0.39, 0.29) is 30.1 Å². The quantitative estimate of drug-likeness (QED) is 0.0469. The molecule has 9 rings (SSSR count). The number of rotatable bonds is 19. The predicted octanol–water partition coefficient (Wildman–Crippen LogP) is 9.51. The van der Waals surface area contributed by atoms with Crippen molar-refractivity contribution in [1.29, 1.82) is 0 Å². The summed E-state index contributed by atoms with van der Waals surface area (Å²) < 4.78 is 43.8. The number of carbonyl (C=O) groups is 2. The Morgan fingerprint density at radius 3 is 1.97 bits per heavy atom. The Labute approximate surface area is 405 Å². The van der Waals surface area contributed by atoms with Gasteiger partial charge < -0.3 is 33.5 Å². The molecule has 1 unspecified atom stereocenters. The van der Waals surface area contributed by atoms with Crippen molar-refractivity contribution in [3.63, 3.8) is 0 Å². The second kappa shape index (κ2) is 21.5. The molecule has 0 aliphatic carbocycles. The van der Waals surface area contributed by atoms with Crippen LogP contribution >= 0.6 is 30.6 Å². The summed E-state index contributed by atoms with van der Waals surface area (Å²) in [6.45, 7) is 3.62. The lowest BCUT2D eigenvalue weighted by Gasteiger charge is -2.40. The fourth-order valence-corrected chi connectivity index (χ4v) is 14.2. The molecular formula is C52H53N4O9PS2. The lowest BCUT2D eigenvalue weighted by atomic mass is 9.79. The van der Waals surface area contributed by atoms with E-state index >= 15 is 0 Å². The van der Waals surface area contributed by atoms with Crippen LogP contribution in [0.3, 0.4) is 0 Å². The van der Waals surface area contributed by atoms with Crippen LogP contribution in [-0.4, -0.2) is 95.1 Å². The maximum Gasteiger partial charge on any atom is 0.351 e. The van der Waals surface area contributed by atoms with Gasteiger partial charge in [0, 0.05) is 47.5 Å². The first-order valence-electron chi connectivity index (χ1n) is 22.5. The maximum atomic E-state index is 14.2. The zero-order valence-corrected chi connectivity index (χ0v) is 40.6. The van der Waals surface area contributed by atoms with Gasteiger partial charge in [-0.2, -0.15) is 4.98 Å². The van der Waals surface area contributed by atoms with E-state index in [0.717, 1.165) is 42.6 Å². The predicted molar refractivity (Wildman–Crippen MR) is 267 cm³/mol. The van der Waals surface area contributed by atoms with E-state index in [0.29, 0.717) is 39.7 Å². The number of benzene rings is 5. The van der Waals surface area contributed by atoms with Crippen LogP contribution in [-0.2, 0) is 24.3 Å². The number of hydrogen-bond donors (Lipinski definition) is 1. The fourth-order valence-electron chi connectivity index (χ4n) is 8.87. The molecule has 4 heterocycles. The zero-order chi connectivity index (χ0) is 47.1. The number of amides is 1. The lowest BCUT2D eigenvalue weighted by molar-refractivity contribution is -0.203. The first-order chi connectivity index (χ1) is 33.2. The van der Waals surface area contributed by atoms with Gasteiger partial charge in [-0.3, -0.25) is 18.8 Å². The summed E-state index contributed by atoms with van der Waals surface area (Å²) in [5, 5.41) is 2.84. The number of aromatic nitrogens is 2. The molecule has 0 saturated carbocycles. The second-order valence-electron chi connectivity index (χ2n) is 16.7. The minimum Gasteiger partial charge on any atom is -0.497 e. The molecule has 5 aromatic carbocycles. The van der Waals surface area contributed by atoms with Crippen molar-refractivity contribution in [2.75, 3.05) is 57.3 Å². The molecule has 1 N–H and O–H groups in total. The Morgan fingerprint density at radius 2 is 1.37 bits per heavy atom. The third-order valence-corrected chi connectivity index (χ3v) is 17.6. The summed E-state index contributed by atoms with van der Waals surface area (Å²) in [5.74, 6) is 2.43. The number of fused-ring (bicyclic) bond motifs is 2. The smallest absolute Gasteiger partial charge is 0.351 e. The SMILES string of the molecule is COc1ccc(C(OC[C@@]23CO[C@@H]([C@H](n4cc(C)c(NC(=O)c5ccccc5)nc4=O)O2)[C@@H]3OP(SCCSC(=O)c2ccccc2)N2CCCC2)(c2ccccc2)c2ccc(OC)cc2)cc1. The molecule has 1 aromatic heterocycles. The van der Waals surface area contributed by atoms with Crippen molar-refractivity contribution in [3.8, 4) is 11.5 Å². The summed E-state index contributed by atoms with van der Waals surface area (Å²) in [4.78, 5) is 44.7. The van der Waals surface area contributed by atoms with E-state index < -0.39 is 42.8 Å². The normalized spacial score (nSPS) is 20.5. The molecule has 68 heavy (non-hydrogen) atoms. The standard InChI is InChI=1S/C52H53N4O9PS2/c1-36-33-56(50(59)54-46(36)53-47(57)37-15-7-4-8-16-37)48-44-45(65-66(55-29-13-14-30-55)68-32-31-67-49(58)38-17-9-5-10-18-38)51(64-48,34-62-44)35-63-52(39-19-11-6-12-20-39,40-21-25-42(60-2)26-22-40)41-23-27-43(61-3)28-24-41/h4-12,15-28,33,44-45,48H,13-14,29-32,34-35H2,1-3H3,(H,53,54,57,59)/t44-,45+,48-,51-,66?/m1/s1. The Bertz CT molecular complexity index is 2670. The van der Waals surface area contributed by atoms with Crippen molar-refractivity contribution in [1.82, 2.24) is 14.2 Å². The van der Waals surface area contributed by atoms with E-state index in [1.54, 1.807) is 63.0 Å². The highest BCUT2D eigenvalue weighted by molar-refractivity contribution is 8.53. The number of ether oxygens (including phenoxy) is 5. The van der Waals surface area contributed by atoms with Crippen LogP contribution in [0.4, 0.5) is 5.82 Å². The molecule has 6 aromatic rings. The number of hydrogen-bond acceptors (Lipinski definition) is 13. The van der Waals surface area contributed by atoms with Crippen molar-refractivity contribution >= 4 is 47.5 Å². The van der Waals surface area contributed by atoms with Gasteiger partial charge in [0.15, 0.2) is 13.7 Å². The molecule has 16 heteroatoms. The highest BCUT2D eigenvalue weighted by Crippen LogP contribution is 2.61. The van der Waals surface area contributed by atoms with Crippen molar-refractivity contribution in [2.24, 2.45) is 0 Å². The first-order valence-corrected chi connectivity index (χ1v) is 26.3. The van der Waals surface area contributed by atoms with Crippen molar-refractivity contribution in [3.05, 3.63) is 190 Å². The van der Waals surface area contributed by atoms with Crippen LogP contribution in [0.25, 0.3) is 0 Å². The van der Waals surface area contributed by atoms with Gasteiger partial charge in [-0.25, -0.2) is 4.79 Å². The molecule has 1 amide bonds. The molecule has 3 aliphatic heterocycles. The Morgan fingerprint density at radius 1 is 0.794 bits per heavy atom. The summed E-state index contributed by atoms with van der Waals surface area (Å²) in [6.07, 6.45) is 1.34. The van der Waals surface area contributed by atoms with Crippen LogP contribution in [0, 0.1) is 6.92 Å². The molecule has 3 aliphatic rings. The van der Waals surface area contributed by atoms with E-state index in [9.17, 15) is 14.4 Å². The molecule has 0 radical (unpaired) electrons. The maximum absolute atomic E-state index is 14.2. The molecule has 3 fully saturated rings. The summed E-state index contributed by atoms with van der Waals surface area (Å²) in [5.41, 5.74) is 1.19. The zero-order valence-electron chi connectivity index (χ0n) is 38.0. The molecule has 352 valence electrons. The molecule has 5 atom stereocenters. The highest BCUT2D eigenvalue weighted by Gasteiger charge is 2.65. The average molecular weight is 973 g/mol. The Balaban J connectivity index is 1.08. The van der Waals surface area contributed by atoms with Crippen LogP contribution in [0.1, 0.15) is 62.0 Å². The van der Waals surface area contributed by atoms with Gasteiger partial charge in [-0.05, 0) is 72.9 Å². The molecule has 2 bridgehead atoms. The first kappa shape index (κ1) is 47.7. The number of nitrogens with zero attached hydrogens (tertiary/aromatic N) is 3. The number of carbonyl (C=O) groups excluding carboxylic acids is 2. The molecule has 13 nitrogen and oxygen atoms in total. The van der Waals surface area contributed by atoms with E-state index in [4.69, 9.17) is 28.2 Å². The number of anilines is 1. The summed E-state index contributed by atoms with van der Waals surface area (Å²) in [7, 11) is 1.98. The lowest BCUT2D eigenvalue weighted by Crippen LogP contribution is -2.49. The number of aryl methyl sites for hydroxylation is 1. The third-order valence-electron chi connectivity index (χ3n) is 12.4. The van der Waals surface area contributed by atoms with Crippen molar-refractivity contribution < 1.29 is 37.8 Å². The van der Waals surface area contributed by atoms with Gasteiger partial charge in [0.25, 0.3) is 5.91 Å². The van der Waals surface area contributed by atoms with Gasteiger partial charge in [0.2, 0.25) is 5.12 Å². The van der Waals surface area contributed by atoms with Crippen molar-refractivity contribution in [2.45, 2.75) is 49.4 Å². The highest BCUT2D eigenvalue weighted by atomic mass is 32.7. The van der Waals surface area contributed by atoms with Crippen LogP contribution in [0.5, 0.6) is 11.5 Å². The van der Waals surface area contributed by atoms with E-state index in [1.165, 1.54) is 16.3 Å². The molecule has 0 spiro atoms. The molecule has 3 saturated heterocycles. The Kier molecular flexibility index (Phi) is 15.1. The van der Waals surface area contributed by atoms with Crippen LogP contribution < -0.4 is 20.5 Å². The largest absolute Gasteiger partial charge is 0.497 e.